The van der Waals surface area contributed by atoms with Crippen LogP contribution in [0.5, 0.6) is 11.5 Å². The van der Waals surface area contributed by atoms with Gasteiger partial charge in [-0.25, -0.2) is 0 Å². The van der Waals surface area contributed by atoms with Gasteiger partial charge in [0.25, 0.3) is 11.8 Å². The molecule has 7 heteroatoms. The molecule has 0 aromatic heterocycles. The van der Waals surface area contributed by atoms with Gasteiger partial charge in [-0.3, -0.25) is 9.59 Å². The molecule has 0 saturated carbocycles. The highest BCUT2D eigenvalue weighted by Crippen LogP contribution is 2.29. The number of methoxy groups -OCH3 is 1. The molecule has 2 aromatic rings. The number of anilines is 1. The average molecular weight is 399 g/mol. The number of carbonyl (C=O) groups is 2. The molecular formula is C22H29N3O4. The smallest absolute Gasteiger partial charge is 0.255 e. The van der Waals surface area contributed by atoms with Gasteiger partial charge in [0, 0.05) is 18.7 Å². The predicted octanol–water partition coefficient (Wildman–Crippen LogP) is 3.06. The molecule has 4 N–H and O–H groups in total. The van der Waals surface area contributed by atoms with E-state index in [4.69, 9.17) is 15.2 Å². The Kier molecular flexibility index (Phi) is 8.48. The largest absolute Gasteiger partial charge is 0.493 e. The fourth-order valence-corrected chi connectivity index (χ4v) is 2.60. The van der Waals surface area contributed by atoms with Crippen molar-refractivity contribution in [2.24, 2.45) is 11.7 Å². The summed E-state index contributed by atoms with van der Waals surface area (Å²) in [6.45, 7) is 5.53. The van der Waals surface area contributed by atoms with Gasteiger partial charge in [0.2, 0.25) is 0 Å². The molecule has 0 heterocycles. The minimum absolute atomic E-state index is 0.294. The lowest BCUT2D eigenvalue weighted by Crippen LogP contribution is -2.30. The Morgan fingerprint density at radius 3 is 2.52 bits per heavy atom. The van der Waals surface area contributed by atoms with E-state index < -0.39 is 0 Å². The van der Waals surface area contributed by atoms with Gasteiger partial charge in [-0.2, -0.15) is 0 Å². The topological polar surface area (TPSA) is 103 Å². The number of nitrogens with two attached hydrogens (primary N) is 1. The third-order valence-corrected chi connectivity index (χ3v) is 4.23. The average Bonchev–Trinajstić information content (AvgIpc) is 2.72. The van der Waals surface area contributed by atoms with Crippen molar-refractivity contribution < 1.29 is 19.1 Å². The lowest BCUT2D eigenvalue weighted by Gasteiger charge is -2.14. The number of carbonyl (C=O) groups excluding carboxylic acids is 2. The summed E-state index contributed by atoms with van der Waals surface area (Å²) in [7, 11) is 1.53. The summed E-state index contributed by atoms with van der Waals surface area (Å²) in [5.41, 5.74) is 6.62. The van der Waals surface area contributed by atoms with Crippen LogP contribution >= 0.6 is 0 Å². The van der Waals surface area contributed by atoms with Crippen LogP contribution in [0, 0.1) is 5.92 Å². The Morgan fingerprint density at radius 2 is 1.83 bits per heavy atom. The molecule has 2 amide bonds. The minimum Gasteiger partial charge on any atom is -0.493 e. The van der Waals surface area contributed by atoms with Crippen molar-refractivity contribution in [1.82, 2.24) is 5.32 Å². The summed E-state index contributed by atoms with van der Waals surface area (Å²) in [6, 6.07) is 11.8. The lowest BCUT2D eigenvalue weighted by atomic mass is 10.1. The third-order valence-electron chi connectivity index (χ3n) is 4.23. The molecule has 2 aromatic carbocycles. The lowest BCUT2D eigenvalue weighted by molar-refractivity contribution is 0.0955. The number of hydrogen-bond donors (Lipinski definition) is 3. The summed E-state index contributed by atoms with van der Waals surface area (Å²) in [4.78, 5) is 25.0. The van der Waals surface area contributed by atoms with E-state index in [1.165, 1.54) is 7.11 Å². The van der Waals surface area contributed by atoms with E-state index in [1.807, 2.05) is 0 Å². The Hall–Kier alpha value is -3.06. The highest BCUT2D eigenvalue weighted by Gasteiger charge is 2.15. The number of rotatable bonds is 10. The summed E-state index contributed by atoms with van der Waals surface area (Å²) in [5, 5.41) is 5.49. The highest BCUT2D eigenvalue weighted by atomic mass is 16.5. The van der Waals surface area contributed by atoms with Crippen molar-refractivity contribution in [3.05, 3.63) is 53.6 Å². The zero-order chi connectivity index (χ0) is 21.2. The van der Waals surface area contributed by atoms with Crippen molar-refractivity contribution in [3.8, 4) is 11.5 Å². The molecule has 0 unspecified atom stereocenters. The number of para-hydroxylation sites is 1. The van der Waals surface area contributed by atoms with Crippen LogP contribution in [-0.2, 0) is 0 Å². The molecule has 0 bridgehead atoms. The second-order valence-electron chi connectivity index (χ2n) is 6.94. The molecule has 7 nitrogen and oxygen atoms in total. The molecule has 156 valence electrons. The minimum atomic E-state index is -0.351. The van der Waals surface area contributed by atoms with Gasteiger partial charge in [-0.05, 0) is 42.7 Å². The standard InChI is InChI=1S/C22H29N3O4/c1-15(2)10-13-29-19-9-8-16(14-20(19)28-3)21(26)25-18-7-5-4-6-17(18)22(27)24-12-11-23/h4-9,14-15H,10-13,23H2,1-3H3,(H,24,27)(H,25,26). The van der Waals surface area contributed by atoms with Crippen LogP contribution in [0.15, 0.2) is 42.5 Å². The molecule has 0 saturated heterocycles. The first-order valence-corrected chi connectivity index (χ1v) is 9.65. The summed E-state index contributed by atoms with van der Waals surface area (Å²) < 4.78 is 11.1. The summed E-state index contributed by atoms with van der Waals surface area (Å²) in [6.07, 6.45) is 0.925. The Morgan fingerprint density at radius 1 is 1.07 bits per heavy atom. The molecule has 0 fully saturated rings. The van der Waals surface area contributed by atoms with E-state index in [1.54, 1.807) is 42.5 Å². The fourth-order valence-electron chi connectivity index (χ4n) is 2.60. The first kappa shape index (κ1) is 22.2. The van der Waals surface area contributed by atoms with Gasteiger partial charge in [0.05, 0.1) is 25.0 Å². The molecule has 2 rings (SSSR count). The van der Waals surface area contributed by atoms with Crippen LogP contribution in [0.3, 0.4) is 0 Å². The molecule has 0 radical (unpaired) electrons. The Labute approximate surface area is 171 Å². The number of benzene rings is 2. The monoisotopic (exact) mass is 399 g/mol. The second kappa shape index (κ2) is 11.1. The van der Waals surface area contributed by atoms with Crippen molar-refractivity contribution in [1.29, 1.82) is 0 Å². The van der Waals surface area contributed by atoms with E-state index in [0.29, 0.717) is 53.9 Å². The predicted molar refractivity (Wildman–Crippen MR) is 114 cm³/mol. The second-order valence-corrected chi connectivity index (χ2v) is 6.94. The van der Waals surface area contributed by atoms with E-state index in [9.17, 15) is 9.59 Å². The Bertz CT molecular complexity index is 837. The van der Waals surface area contributed by atoms with Crippen molar-refractivity contribution in [2.75, 3.05) is 32.1 Å². The van der Waals surface area contributed by atoms with Crippen molar-refractivity contribution in [2.45, 2.75) is 20.3 Å². The zero-order valence-electron chi connectivity index (χ0n) is 17.2. The maximum Gasteiger partial charge on any atom is 0.255 e. The van der Waals surface area contributed by atoms with Gasteiger partial charge in [-0.1, -0.05) is 26.0 Å². The maximum absolute atomic E-state index is 12.7. The highest BCUT2D eigenvalue weighted by molar-refractivity contribution is 6.09. The van der Waals surface area contributed by atoms with E-state index >= 15 is 0 Å². The van der Waals surface area contributed by atoms with Gasteiger partial charge in [-0.15, -0.1) is 0 Å². The van der Waals surface area contributed by atoms with Gasteiger partial charge in [0.15, 0.2) is 11.5 Å². The number of hydrogen-bond acceptors (Lipinski definition) is 5. The normalized spacial score (nSPS) is 10.5. The molecule has 0 atom stereocenters. The summed E-state index contributed by atoms with van der Waals surface area (Å²) >= 11 is 0. The van der Waals surface area contributed by atoms with Gasteiger partial charge >= 0.3 is 0 Å². The number of amides is 2. The first-order valence-electron chi connectivity index (χ1n) is 9.65. The fraction of sp³-hybridized carbons (Fsp3) is 0.364. The Balaban J connectivity index is 2.14. The van der Waals surface area contributed by atoms with Crippen LogP contribution in [-0.4, -0.2) is 38.6 Å². The molecule has 0 spiro atoms. The number of ether oxygens (including phenoxy) is 2. The molecular weight excluding hydrogens is 370 g/mol. The number of nitrogens with one attached hydrogen (secondary N) is 2. The van der Waals surface area contributed by atoms with E-state index in [-0.39, 0.29) is 11.8 Å². The van der Waals surface area contributed by atoms with Crippen LogP contribution in [0.1, 0.15) is 41.0 Å². The van der Waals surface area contributed by atoms with E-state index in [2.05, 4.69) is 24.5 Å². The van der Waals surface area contributed by atoms with Crippen LogP contribution in [0.2, 0.25) is 0 Å². The first-order chi connectivity index (χ1) is 14.0. The van der Waals surface area contributed by atoms with Crippen molar-refractivity contribution in [3.63, 3.8) is 0 Å². The summed E-state index contributed by atoms with van der Waals surface area (Å²) in [5.74, 6) is 0.962. The van der Waals surface area contributed by atoms with Gasteiger partial charge < -0.3 is 25.8 Å². The molecule has 0 aliphatic heterocycles. The maximum atomic E-state index is 12.7. The third kappa shape index (κ3) is 6.50. The van der Waals surface area contributed by atoms with E-state index in [0.717, 1.165) is 6.42 Å². The van der Waals surface area contributed by atoms with Crippen LogP contribution < -0.4 is 25.8 Å². The molecule has 0 aliphatic carbocycles. The van der Waals surface area contributed by atoms with Crippen molar-refractivity contribution >= 4 is 17.5 Å². The van der Waals surface area contributed by atoms with Crippen LogP contribution in [0.25, 0.3) is 0 Å². The molecule has 29 heavy (non-hydrogen) atoms. The molecule has 0 aliphatic rings. The zero-order valence-corrected chi connectivity index (χ0v) is 17.2. The quantitative estimate of drug-likeness (QED) is 0.570. The SMILES string of the molecule is COc1cc(C(=O)Nc2ccccc2C(=O)NCCN)ccc1OCCC(C)C. The van der Waals surface area contributed by atoms with Gasteiger partial charge in [0.1, 0.15) is 0 Å². The van der Waals surface area contributed by atoms with Crippen LogP contribution in [0.4, 0.5) is 5.69 Å².